The van der Waals surface area contributed by atoms with Gasteiger partial charge in [0.05, 0.1) is 0 Å². The molecule has 112 valence electrons. The Balaban J connectivity index is 1.84. The zero-order chi connectivity index (χ0) is 15.0. The SMILES string of the molecule is Cc1cc(-c2nc(N3CC(C)NC(C)C3)n[nH]2)ccc1Cl. The van der Waals surface area contributed by atoms with E-state index in [9.17, 15) is 0 Å². The molecule has 0 amide bonds. The summed E-state index contributed by atoms with van der Waals surface area (Å²) in [5.74, 6) is 1.54. The van der Waals surface area contributed by atoms with Crippen LogP contribution in [0.4, 0.5) is 5.95 Å². The first-order chi connectivity index (χ1) is 10.0. The molecule has 1 fully saturated rings. The van der Waals surface area contributed by atoms with Crippen LogP contribution < -0.4 is 10.2 Å². The second-order valence-corrected chi connectivity index (χ2v) is 6.23. The highest BCUT2D eigenvalue weighted by Crippen LogP contribution is 2.23. The van der Waals surface area contributed by atoms with Gasteiger partial charge >= 0.3 is 0 Å². The van der Waals surface area contributed by atoms with Crippen molar-refractivity contribution in [3.63, 3.8) is 0 Å². The summed E-state index contributed by atoms with van der Waals surface area (Å²) >= 11 is 6.07. The third kappa shape index (κ3) is 3.04. The fraction of sp³-hybridized carbons (Fsp3) is 0.467. The van der Waals surface area contributed by atoms with Crippen LogP contribution in [0.15, 0.2) is 18.2 Å². The van der Waals surface area contributed by atoms with Gasteiger partial charge < -0.3 is 10.2 Å². The Kier molecular flexibility index (Phi) is 3.87. The van der Waals surface area contributed by atoms with Gasteiger partial charge in [0.1, 0.15) is 0 Å². The molecular formula is C15H20ClN5. The largest absolute Gasteiger partial charge is 0.336 e. The fourth-order valence-electron chi connectivity index (χ4n) is 2.81. The number of aromatic amines is 1. The topological polar surface area (TPSA) is 56.8 Å². The predicted octanol–water partition coefficient (Wildman–Crippen LogP) is 2.62. The van der Waals surface area contributed by atoms with Gasteiger partial charge in [-0.2, -0.15) is 4.98 Å². The van der Waals surface area contributed by atoms with E-state index in [1.54, 1.807) is 0 Å². The van der Waals surface area contributed by atoms with Gasteiger partial charge in [-0.15, -0.1) is 5.10 Å². The van der Waals surface area contributed by atoms with Crippen molar-refractivity contribution >= 4 is 17.5 Å². The van der Waals surface area contributed by atoms with Gasteiger partial charge in [-0.3, -0.25) is 5.10 Å². The average Bonchev–Trinajstić information content (AvgIpc) is 2.90. The molecule has 2 atom stereocenters. The molecule has 1 aliphatic rings. The minimum absolute atomic E-state index is 0.438. The number of aryl methyl sites for hydroxylation is 1. The number of rotatable bonds is 2. The van der Waals surface area contributed by atoms with E-state index >= 15 is 0 Å². The third-order valence-corrected chi connectivity index (χ3v) is 4.17. The molecule has 21 heavy (non-hydrogen) atoms. The minimum Gasteiger partial charge on any atom is -0.336 e. The second kappa shape index (κ2) is 5.66. The summed E-state index contributed by atoms with van der Waals surface area (Å²) in [4.78, 5) is 6.85. The Morgan fingerprint density at radius 2 is 1.95 bits per heavy atom. The van der Waals surface area contributed by atoms with Crippen molar-refractivity contribution in [1.29, 1.82) is 0 Å². The van der Waals surface area contributed by atoms with Gasteiger partial charge in [0.15, 0.2) is 5.82 Å². The van der Waals surface area contributed by atoms with Crippen molar-refractivity contribution in [2.45, 2.75) is 32.9 Å². The average molecular weight is 306 g/mol. The van der Waals surface area contributed by atoms with Gasteiger partial charge in [0.25, 0.3) is 0 Å². The number of halogens is 1. The van der Waals surface area contributed by atoms with E-state index < -0.39 is 0 Å². The Bertz CT molecular complexity index is 629. The van der Waals surface area contributed by atoms with Crippen LogP contribution in [0.5, 0.6) is 0 Å². The second-order valence-electron chi connectivity index (χ2n) is 5.82. The van der Waals surface area contributed by atoms with E-state index in [-0.39, 0.29) is 0 Å². The number of hydrogen-bond acceptors (Lipinski definition) is 4. The molecule has 2 heterocycles. The quantitative estimate of drug-likeness (QED) is 0.895. The highest BCUT2D eigenvalue weighted by atomic mass is 35.5. The van der Waals surface area contributed by atoms with Crippen LogP contribution in [0.25, 0.3) is 11.4 Å². The van der Waals surface area contributed by atoms with Crippen LogP contribution in [0, 0.1) is 6.92 Å². The van der Waals surface area contributed by atoms with Crippen LogP contribution in [0.3, 0.4) is 0 Å². The Labute approximate surface area is 129 Å². The van der Waals surface area contributed by atoms with Gasteiger partial charge in [-0.05, 0) is 44.5 Å². The predicted molar refractivity (Wildman–Crippen MR) is 85.8 cm³/mol. The maximum atomic E-state index is 6.07. The van der Waals surface area contributed by atoms with E-state index in [1.807, 2.05) is 25.1 Å². The first-order valence-corrected chi connectivity index (χ1v) is 7.60. The van der Waals surface area contributed by atoms with E-state index in [4.69, 9.17) is 11.6 Å². The van der Waals surface area contributed by atoms with E-state index in [2.05, 4.69) is 39.2 Å². The summed E-state index contributed by atoms with van der Waals surface area (Å²) in [5, 5.41) is 11.7. The van der Waals surface area contributed by atoms with Crippen LogP contribution in [0.2, 0.25) is 5.02 Å². The van der Waals surface area contributed by atoms with Crippen molar-refractivity contribution in [2.75, 3.05) is 18.0 Å². The molecule has 0 spiro atoms. The maximum absolute atomic E-state index is 6.07. The van der Waals surface area contributed by atoms with Crippen molar-refractivity contribution in [2.24, 2.45) is 0 Å². The lowest BCUT2D eigenvalue weighted by Crippen LogP contribution is -2.54. The smallest absolute Gasteiger partial charge is 0.245 e. The third-order valence-electron chi connectivity index (χ3n) is 3.75. The number of piperazine rings is 1. The van der Waals surface area contributed by atoms with Gasteiger partial charge in [-0.25, -0.2) is 0 Å². The maximum Gasteiger partial charge on any atom is 0.245 e. The van der Waals surface area contributed by atoms with Gasteiger partial charge in [-0.1, -0.05) is 11.6 Å². The Morgan fingerprint density at radius 1 is 1.24 bits per heavy atom. The molecule has 0 bridgehead atoms. The van der Waals surface area contributed by atoms with Crippen molar-refractivity contribution in [1.82, 2.24) is 20.5 Å². The molecule has 5 nitrogen and oxygen atoms in total. The molecule has 1 aromatic heterocycles. The summed E-state index contributed by atoms with van der Waals surface area (Å²) in [7, 11) is 0. The van der Waals surface area contributed by atoms with Crippen LogP contribution in [0.1, 0.15) is 19.4 Å². The van der Waals surface area contributed by atoms with Gasteiger partial charge in [0.2, 0.25) is 5.95 Å². The molecule has 1 aromatic carbocycles. The summed E-state index contributed by atoms with van der Waals surface area (Å²) in [6.45, 7) is 8.18. The summed E-state index contributed by atoms with van der Waals surface area (Å²) in [6, 6.07) is 6.75. The number of nitrogens with one attached hydrogen (secondary N) is 2. The molecule has 1 aliphatic heterocycles. The summed E-state index contributed by atoms with van der Waals surface area (Å²) < 4.78 is 0. The molecule has 1 saturated heterocycles. The standard InChI is InChI=1S/C15H20ClN5/c1-9-6-12(4-5-13(9)16)14-18-15(20-19-14)21-7-10(2)17-11(3)8-21/h4-6,10-11,17H,7-8H2,1-3H3,(H,18,19,20). The number of H-pyrrole nitrogens is 1. The molecule has 3 rings (SSSR count). The number of hydrogen-bond donors (Lipinski definition) is 2. The summed E-state index contributed by atoms with van der Waals surface area (Å²) in [5.41, 5.74) is 2.04. The number of nitrogens with zero attached hydrogens (tertiary/aromatic N) is 3. The summed E-state index contributed by atoms with van der Waals surface area (Å²) in [6.07, 6.45) is 0. The van der Waals surface area contributed by atoms with Gasteiger partial charge in [0, 0.05) is 35.8 Å². The highest BCUT2D eigenvalue weighted by Gasteiger charge is 2.23. The van der Waals surface area contributed by atoms with E-state index in [0.717, 1.165) is 41.0 Å². The molecular weight excluding hydrogens is 286 g/mol. The lowest BCUT2D eigenvalue weighted by atomic mass is 10.1. The van der Waals surface area contributed by atoms with Crippen LogP contribution >= 0.6 is 11.6 Å². The minimum atomic E-state index is 0.438. The molecule has 2 aromatic rings. The number of benzene rings is 1. The van der Waals surface area contributed by atoms with Crippen LogP contribution in [-0.4, -0.2) is 40.4 Å². The van der Waals surface area contributed by atoms with Crippen molar-refractivity contribution in [3.8, 4) is 11.4 Å². The molecule has 0 saturated carbocycles. The van der Waals surface area contributed by atoms with Crippen molar-refractivity contribution < 1.29 is 0 Å². The van der Waals surface area contributed by atoms with E-state index in [0.29, 0.717) is 12.1 Å². The zero-order valence-corrected chi connectivity index (χ0v) is 13.3. The van der Waals surface area contributed by atoms with Crippen LogP contribution in [-0.2, 0) is 0 Å². The monoisotopic (exact) mass is 305 g/mol. The molecule has 2 N–H and O–H groups in total. The highest BCUT2D eigenvalue weighted by molar-refractivity contribution is 6.31. The number of aromatic nitrogens is 3. The first-order valence-electron chi connectivity index (χ1n) is 7.23. The van der Waals surface area contributed by atoms with Crippen molar-refractivity contribution in [3.05, 3.63) is 28.8 Å². The zero-order valence-electron chi connectivity index (χ0n) is 12.5. The Morgan fingerprint density at radius 3 is 2.62 bits per heavy atom. The lowest BCUT2D eigenvalue weighted by molar-refractivity contribution is 0.403. The molecule has 6 heteroatoms. The normalized spacial score (nSPS) is 22.6. The first kappa shape index (κ1) is 14.4. The molecule has 0 radical (unpaired) electrons. The van der Waals surface area contributed by atoms with E-state index in [1.165, 1.54) is 0 Å². The Hall–Kier alpha value is -1.59. The number of anilines is 1. The molecule has 2 unspecified atom stereocenters. The lowest BCUT2D eigenvalue weighted by Gasteiger charge is -2.35. The fourth-order valence-corrected chi connectivity index (χ4v) is 2.92. The molecule has 0 aliphatic carbocycles.